The topological polar surface area (TPSA) is 114 Å². The number of hydrogen-bond acceptors (Lipinski definition) is 5. The van der Waals surface area contributed by atoms with E-state index in [2.05, 4.69) is 10.6 Å². The average molecular weight is 272 g/mol. The molecule has 8 nitrogen and oxygen atoms in total. The average Bonchev–Trinajstić information content (AvgIpc) is 2.44. The Balaban J connectivity index is 2.40. The number of nitrogens with two attached hydrogens (primary N) is 1. The Morgan fingerprint density at radius 3 is 2.47 bits per heavy atom. The minimum absolute atomic E-state index is 0.219. The zero-order valence-electron chi connectivity index (χ0n) is 11.0. The van der Waals surface area contributed by atoms with Crippen molar-refractivity contribution in [1.82, 2.24) is 15.5 Å². The van der Waals surface area contributed by atoms with Crippen molar-refractivity contribution in [3.8, 4) is 0 Å². The first-order chi connectivity index (χ1) is 9.06. The second kappa shape index (κ2) is 7.70. The van der Waals surface area contributed by atoms with E-state index in [-0.39, 0.29) is 19.0 Å². The molecule has 1 aliphatic heterocycles. The van der Waals surface area contributed by atoms with Gasteiger partial charge in [0.15, 0.2) is 0 Å². The highest BCUT2D eigenvalue weighted by Gasteiger charge is 2.25. The van der Waals surface area contributed by atoms with E-state index < -0.39 is 17.9 Å². The molecule has 0 saturated carbocycles. The SMILES string of the molecule is CC(NC(=O)C(=O)NCCN)C(=O)N1CCOCC1. The summed E-state index contributed by atoms with van der Waals surface area (Å²) in [6, 6.07) is -0.741. The summed E-state index contributed by atoms with van der Waals surface area (Å²) in [4.78, 5) is 36.4. The molecule has 3 amide bonds. The zero-order chi connectivity index (χ0) is 14.3. The van der Waals surface area contributed by atoms with Crippen molar-refractivity contribution in [1.29, 1.82) is 0 Å². The molecule has 0 aliphatic carbocycles. The molecule has 1 aliphatic rings. The summed E-state index contributed by atoms with van der Waals surface area (Å²) in [5, 5.41) is 4.70. The van der Waals surface area contributed by atoms with E-state index in [1.165, 1.54) is 0 Å². The third-order valence-electron chi connectivity index (χ3n) is 2.68. The lowest BCUT2D eigenvalue weighted by molar-refractivity contribution is -0.143. The van der Waals surface area contributed by atoms with E-state index in [9.17, 15) is 14.4 Å². The van der Waals surface area contributed by atoms with Crippen LogP contribution in [0.25, 0.3) is 0 Å². The molecule has 0 radical (unpaired) electrons. The fourth-order valence-electron chi connectivity index (χ4n) is 1.65. The third-order valence-corrected chi connectivity index (χ3v) is 2.68. The van der Waals surface area contributed by atoms with Gasteiger partial charge in [-0.3, -0.25) is 14.4 Å². The number of carbonyl (C=O) groups excluding carboxylic acids is 3. The molecule has 4 N–H and O–H groups in total. The molecule has 0 spiro atoms. The van der Waals surface area contributed by atoms with Gasteiger partial charge in [0.2, 0.25) is 5.91 Å². The van der Waals surface area contributed by atoms with E-state index in [0.717, 1.165) is 0 Å². The zero-order valence-corrected chi connectivity index (χ0v) is 11.0. The van der Waals surface area contributed by atoms with Crippen molar-refractivity contribution in [2.45, 2.75) is 13.0 Å². The quantitative estimate of drug-likeness (QED) is 0.487. The number of morpholine rings is 1. The highest BCUT2D eigenvalue weighted by molar-refractivity contribution is 6.35. The third kappa shape index (κ3) is 4.84. The Hall–Kier alpha value is -1.67. The minimum atomic E-state index is -0.831. The molecule has 1 fully saturated rings. The van der Waals surface area contributed by atoms with Crippen LogP contribution in [0.15, 0.2) is 0 Å². The van der Waals surface area contributed by atoms with Crippen LogP contribution in [0.5, 0.6) is 0 Å². The van der Waals surface area contributed by atoms with Crippen molar-refractivity contribution in [3.63, 3.8) is 0 Å². The molecule has 0 aromatic rings. The van der Waals surface area contributed by atoms with E-state index in [4.69, 9.17) is 10.5 Å². The predicted molar refractivity (Wildman–Crippen MR) is 67.1 cm³/mol. The standard InChI is InChI=1S/C11H20N4O4/c1-8(11(18)15-4-6-19-7-5-15)14-10(17)9(16)13-3-2-12/h8H,2-7,12H2,1H3,(H,13,16)(H,14,17). The van der Waals surface area contributed by atoms with Gasteiger partial charge in [0.25, 0.3) is 0 Å². The summed E-state index contributed by atoms with van der Waals surface area (Å²) in [5.41, 5.74) is 5.20. The highest BCUT2D eigenvalue weighted by atomic mass is 16.5. The van der Waals surface area contributed by atoms with Crippen molar-refractivity contribution in [2.75, 3.05) is 39.4 Å². The molecular weight excluding hydrogens is 252 g/mol. The molecule has 0 bridgehead atoms. The van der Waals surface area contributed by atoms with Crippen LogP contribution in [-0.4, -0.2) is 68.1 Å². The van der Waals surface area contributed by atoms with Crippen molar-refractivity contribution < 1.29 is 19.1 Å². The maximum absolute atomic E-state index is 12.0. The number of carbonyl (C=O) groups is 3. The molecule has 0 aromatic heterocycles. The Labute approximate surface area is 111 Å². The maximum atomic E-state index is 12.0. The summed E-state index contributed by atoms with van der Waals surface area (Å²) >= 11 is 0. The number of amides is 3. The normalized spacial score (nSPS) is 16.6. The highest BCUT2D eigenvalue weighted by Crippen LogP contribution is 2.00. The van der Waals surface area contributed by atoms with Crippen molar-refractivity contribution in [2.24, 2.45) is 5.73 Å². The van der Waals surface area contributed by atoms with Crippen LogP contribution in [0.1, 0.15) is 6.92 Å². The molecule has 1 unspecified atom stereocenters. The van der Waals surface area contributed by atoms with Crippen molar-refractivity contribution in [3.05, 3.63) is 0 Å². The van der Waals surface area contributed by atoms with Gasteiger partial charge < -0.3 is 26.0 Å². The van der Waals surface area contributed by atoms with Gasteiger partial charge in [-0.25, -0.2) is 0 Å². The van der Waals surface area contributed by atoms with Gasteiger partial charge in [0, 0.05) is 26.2 Å². The molecule has 0 aromatic carbocycles. The lowest BCUT2D eigenvalue weighted by atomic mass is 10.2. The van der Waals surface area contributed by atoms with Crippen LogP contribution in [0.4, 0.5) is 0 Å². The number of rotatable bonds is 4. The van der Waals surface area contributed by atoms with Gasteiger partial charge in [-0.1, -0.05) is 0 Å². The van der Waals surface area contributed by atoms with Gasteiger partial charge in [0.05, 0.1) is 13.2 Å². The van der Waals surface area contributed by atoms with Crippen molar-refractivity contribution >= 4 is 17.7 Å². The first-order valence-electron chi connectivity index (χ1n) is 6.21. The van der Waals surface area contributed by atoms with Crippen LogP contribution >= 0.6 is 0 Å². The monoisotopic (exact) mass is 272 g/mol. The number of nitrogens with one attached hydrogen (secondary N) is 2. The smallest absolute Gasteiger partial charge is 0.309 e. The Bertz CT molecular complexity index is 342. The van der Waals surface area contributed by atoms with Gasteiger partial charge in [0.1, 0.15) is 6.04 Å². The summed E-state index contributed by atoms with van der Waals surface area (Å²) in [6.07, 6.45) is 0. The maximum Gasteiger partial charge on any atom is 0.309 e. The predicted octanol–water partition coefficient (Wildman–Crippen LogP) is -2.58. The molecule has 19 heavy (non-hydrogen) atoms. The first-order valence-corrected chi connectivity index (χ1v) is 6.21. The Morgan fingerprint density at radius 1 is 1.26 bits per heavy atom. The van der Waals surface area contributed by atoms with Crippen LogP contribution in [-0.2, 0) is 19.1 Å². The fourth-order valence-corrected chi connectivity index (χ4v) is 1.65. The first kappa shape index (κ1) is 15.4. The number of nitrogens with zero attached hydrogens (tertiary/aromatic N) is 1. The van der Waals surface area contributed by atoms with E-state index in [1.807, 2.05) is 0 Å². The summed E-state index contributed by atoms with van der Waals surface area (Å²) in [6.45, 7) is 3.99. The Morgan fingerprint density at radius 2 is 1.89 bits per heavy atom. The van der Waals surface area contributed by atoms with Gasteiger partial charge in [-0.2, -0.15) is 0 Å². The Kier molecular flexibility index (Phi) is 6.23. The molecule has 108 valence electrons. The number of ether oxygens (including phenoxy) is 1. The van der Waals surface area contributed by atoms with E-state index in [1.54, 1.807) is 11.8 Å². The van der Waals surface area contributed by atoms with Gasteiger partial charge in [-0.05, 0) is 6.92 Å². The molecule has 1 atom stereocenters. The molecule has 8 heteroatoms. The molecule has 1 saturated heterocycles. The summed E-state index contributed by atoms with van der Waals surface area (Å²) < 4.78 is 5.14. The van der Waals surface area contributed by atoms with Crippen LogP contribution in [0, 0.1) is 0 Å². The van der Waals surface area contributed by atoms with Crippen LogP contribution < -0.4 is 16.4 Å². The molecule has 1 heterocycles. The van der Waals surface area contributed by atoms with E-state index >= 15 is 0 Å². The lowest BCUT2D eigenvalue weighted by Crippen LogP contribution is -2.53. The molecular formula is C11H20N4O4. The number of hydrogen-bond donors (Lipinski definition) is 3. The second-order valence-electron chi connectivity index (χ2n) is 4.18. The van der Waals surface area contributed by atoms with Crippen LogP contribution in [0.3, 0.4) is 0 Å². The van der Waals surface area contributed by atoms with E-state index in [0.29, 0.717) is 26.3 Å². The largest absolute Gasteiger partial charge is 0.378 e. The lowest BCUT2D eigenvalue weighted by Gasteiger charge is -2.29. The summed E-state index contributed by atoms with van der Waals surface area (Å²) in [5.74, 6) is -1.84. The second-order valence-corrected chi connectivity index (χ2v) is 4.18. The van der Waals surface area contributed by atoms with Gasteiger partial charge >= 0.3 is 11.8 Å². The van der Waals surface area contributed by atoms with Gasteiger partial charge in [-0.15, -0.1) is 0 Å². The summed E-state index contributed by atoms with van der Waals surface area (Å²) in [7, 11) is 0. The van der Waals surface area contributed by atoms with Crippen LogP contribution in [0.2, 0.25) is 0 Å². The minimum Gasteiger partial charge on any atom is -0.378 e. The molecule has 1 rings (SSSR count). The fraction of sp³-hybridized carbons (Fsp3) is 0.727.